The Kier molecular flexibility index (Phi) is 5.64. The Morgan fingerprint density at radius 1 is 1.47 bits per heavy atom. The number of carboxylic acids is 1. The number of carbonyl (C=O) groups excluding carboxylic acids is 1. The van der Waals surface area contributed by atoms with E-state index >= 15 is 0 Å². The summed E-state index contributed by atoms with van der Waals surface area (Å²) in [6.45, 7) is 0.941. The lowest BCUT2D eigenvalue weighted by molar-refractivity contribution is -0.137. The summed E-state index contributed by atoms with van der Waals surface area (Å²) in [6, 6.07) is 0.0297. The van der Waals surface area contributed by atoms with E-state index in [1.807, 2.05) is 14.1 Å². The van der Waals surface area contributed by atoms with Crippen LogP contribution in [0.25, 0.3) is 0 Å². The molecule has 1 aliphatic heterocycles. The first-order valence-corrected chi connectivity index (χ1v) is 6.31. The number of hydrogen-bond acceptors (Lipinski definition) is 3. The van der Waals surface area contributed by atoms with Crippen LogP contribution in [-0.2, 0) is 4.79 Å². The van der Waals surface area contributed by atoms with Crippen LogP contribution in [0, 0.1) is 12.3 Å². The molecule has 106 valence electrons. The topological polar surface area (TPSA) is 64.1 Å². The van der Waals surface area contributed by atoms with Gasteiger partial charge in [0.1, 0.15) is 6.54 Å². The van der Waals surface area contributed by atoms with Crippen LogP contribution in [0.3, 0.4) is 0 Å². The van der Waals surface area contributed by atoms with Crippen LogP contribution in [0.15, 0.2) is 0 Å². The summed E-state index contributed by atoms with van der Waals surface area (Å²) in [4.78, 5) is 28.0. The quantitative estimate of drug-likeness (QED) is 0.737. The largest absolute Gasteiger partial charge is 0.480 e. The van der Waals surface area contributed by atoms with Crippen molar-refractivity contribution in [3.63, 3.8) is 0 Å². The van der Waals surface area contributed by atoms with E-state index in [4.69, 9.17) is 11.5 Å². The molecule has 1 heterocycles. The highest BCUT2D eigenvalue weighted by atomic mass is 16.4. The van der Waals surface area contributed by atoms with Crippen LogP contribution in [0.2, 0.25) is 0 Å². The number of likely N-dealkylation sites (tertiary alicyclic amines) is 1. The van der Waals surface area contributed by atoms with Gasteiger partial charge >= 0.3 is 12.0 Å². The SMILES string of the molecule is C#CCN(CC(=O)O)C(=O)N1CCCC(N(C)C)C1. The zero-order chi connectivity index (χ0) is 14.4. The van der Waals surface area contributed by atoms with Gasteiger partial charge in [-0.3, -0.25) is 4.79 Å². The van der Waals surface area contributed by atoms with Crippen molar-refractivity contribution in [2.24, 2.45) is 0 Å². The average Bonchev–Trinajstić information content (AvgIpc) is 2.37. The molecule has 0 aliphatic carbocycles. The van der Waals surface area contributed by atoms with Gasteiger partial charge in [-0.15, -0.1) is 6.42 Å². The number of urea groups is 1. The van der Waals surface area contributed by atoms with E-state index in [2.05, 4.69) is 10.8 Å². The average molecular weight is 267 g/mol. The summed E-state index contributed by atoms with van der Waals surface area (Å²) in [5.41, 5.74) is 0. The first-order chi connectivity index (χ1) is 8.95. The highest BCUT2D eigenvalue weighted by molar-refractivity contribution is 5.80. The number of amides is 2. The molecule has 19 heavy (non-hydrogen) atoms. The summed E-state index contributed by atoms with van der Waals surface area (Å²) in [5, 5.41) is 8.81. The van der Waals surface area contributed by atoms with Gasteiger partial charge in [0.05, 0.1) is 6.54 Å². The van der Waals surface area contributed by atoms with Crippen molar-refractivity contribution in [1.29, 1.82) is 0 Å². The van der Waals surface area contributed by atoms with Gasteiger partial charge in [0.2, 0.25) is 0 Å². The predicted molar refractivity (Wildman–Crippen MR) is 71.7 cm³/mol. The smallest absolute Gasteiger partial charge is 0.323 e. The molecule has 2 amide bonds. The normalized spacial score (nSPS) is 19.1. The van der Waals surface area contributed by atoms with Gasteiger partial charge in [-0.2, -0.15) is 0 Å². The Labute approximate surface area is 114 Å². The fourth-order valence-corrected chi connectivity index (χ4v) is 2.21. The maximum absolute atomic E-state index is 12.3. The van der Waals surface area contributed by atoms with E-state index < -0.39 is 5.97 Å². The number of aliphatic carboxylic acids is 1. The fraction of sp³-hybridized carbons (Fsp3) is 0.692. The molecule has 6 heteroatoms. The minimum absolute atomic E-state index is 0.0221. The standard InChI is InChI=1S/C13H21N3O3/c1-4-7-15(10-12(17)18)13(19)16-8-5-6-11(9-16)14(2)3/h1,11H,5-10H2,2-3H3,(H,17,18). The molecule has 1 N–H and O–H groups in total. The second kappa shape index (κ2) is 7.00. The number of nitrogens with zero attached hydrogens (tertiary/aromatic N) is 3. The third-order valence-corrected chi connectivity index (χ3v) is 3.28. The fourth-order valence-electron chi connectivity index (χ4n) is 2.21. The molecule has 0 spiro atoms. The summed E-state index contributed by atoms with van der Waals surface area (Å²) < 4.78 is 0. The minimum atomic E-state index is -1.05. The van der Waals surface area contributed by atoms with E-state index in [0.717, 1.165) is 12.8 Å². The van der Waals surface area contributed by atoms with Crippen molar-refractivity contribution in [1.82, 2.24) is 14.7 Å². The summed E-state index contributed by atoms with van der Waals surface area (Å²) in [5.74, 6) is 1.28. The molecule has 0 aromatic carbocycles. The molecule has 1 aliphatic rings. The summed E-state index contributed by atoms with van der Waals surface area (Å²) >= 11 is 0. The second-order valence-corrected chi connectivity index (χ2v) is 4.94. The Balaban J connectivity index is 2.68. The molecule has 1 saturated heterocycles. The van der Waals surface area contributed by atoms with Gasteiger partial charge < -0.3 is 19.8 Å². The van der Waals surface area contributed by atoms with E-state index in [9.17, 15) is 9.59 Å². The molecular weight excluding hydrogens is 246 g/mol. The van der Waals surface area contributed by atoms with Gasteiger partial charge in [-0.1, -0.05) is 5.92 Å². The molecule has 6 nitrogen and oxygen atoms in total. The van der Waals surface area contributed by atoms with Gasteiger partial charge in [0, 0.05) is 19.1 Å². The van der Waals surface area contributed by atoms with Gasteiger partial charge in [0.25, 0.3) is 0 Å². The van der Waals surface area contributed by atoms with Gasteiger partial charge in [0.15, 0.2) is 0 Å². The first kappa shape index (κ1) is 15.3. The number of carboxylic acid groups (broad SMARTS) is 1. The number of terminal acetylenes is 1. The Bertz CT molecular complexity index is 376. The monoisotopic (exact) mass is 267 g/mol. The van der Waals surface area contributed by atoms with E-state index in [-0.39, 0.29) is 19.1 Å². The van der Waals surface area contributed by atoms with Crippen LogP contribution in [0.5, 0.6) is 0 Å². The summed E-state index contributed by atoms with van der Waals surface area (Å²) in [7, 11) is 3.96. The van der Waals surface area contributed by atoms with E-state index in [1.165, 1.54) is 4.90 Å². The summed E-state index contributed by atoms with van der Waals surface area (Å²) in [6.07, 6.45) is 7.15. The first-order valence-electron chi connectivity index (χ1n) is 6.31. The highest BCUT2D eigenvalue weighted by Gasteiger charge is 2.28. The molecule has 1 atom stereocenters. The van der Waals surface area contributed by atoms with Crippen molar-refractivity contribution in [3.05, 3.63) is 0 Å². The van der Waals surface area contributed by atoms with Crippen molar-refractivity contribution in [2.45, 2.75) is 18.9 Å². The maximum atomic E-state index is 12.3. The predicted octanol–water partition coefficient (Wildman–Crippen LogP) is 0.152. The van der Waals surface area contributed by atoms with Crippen molar-refractivity contribution >= 4 is 12.0 Å². The molecule has 1 unspecified atom stereocenters. The lowest BCUT2D eigenvalue weighted by Gasteiger charge is -2.38. The molecule has 1 fully saturated rings. The number of likely N-dealkylation sites (N-methyl/N-ethyl adjacent to an activating group) is 1. The third kappa shape index (κ3) is 4.45. The minimum Gasteiger partial charge on any atom is -0.480 e. The number of carbonyl (C=O) groups is 2. The van der Waals surface area contributed by atoms with Crippen LogP contribution < -0.4 is 0 Å². The maximum Gasteiger partial charge on any atom is 0.323 e. The van der Waals surface area contributed by atoms with Crippen molar-refractivity contribution in [2.75, 3.05) is 40.3 Å². The second-order valence-electron chi connectivity index (χ2n) is 4.94. The van der Waals surface area contributed by atoms with Crippen LogP contribution in [0.4, 0.5) is 4.79 Å². The van der Waals surface area contributed by atoms with Crippen LogP contribution in [0.1, 0.15) is 12.8 Å². The molecule has 0 aromatic heterocycles. The van der Waals surface area contributed by atoms with Crippen LogP contribution >= 0.6 is 0 Å². The number of hydrogen-bond donors (Lipinski definition) is 1. The molecular formula is C13H21N3O3. The van der Waals surface area contributed by atoms with Crippen molar-refractivity contribution < 1.29 is 14.7 Å². The Morgan fingerprint density at radius 2 is 2.16 bits per heavy atom. The van der Waals surface area contributed by atoms with E-state index in [1.54, 1.807) is 4.90 Å². The molecule has 1 rings (SSSR count). The van der Waals surface area contributed by atoms with Gasteiger partial charge in [-0.25, -0.2) is 4.79 Å². The third-order valence-electron chi connectivity index (χ3n) is 3.28. The van der Waals surface area contributed by atoms with Crippen LogP contribution in [-0.4, -0.2) is 78.1 Å². The lowest BCUT2D eigenvalue weighted by Crippen LogP contribution is -2.52. The molecule has 0 aromatic rings. The molecule has 0 radical (unpaired) electrons. The lowest BCUT2D eigenvalue weighted by atomic mass is 10.1. The molecule has 0 bridgehead atoms. The Morgan fingerprint density at radius 3 is 2.68 bits per heavy atom. The molecule has 0 saturated carbocycles. The number of piperidine rings is 1. The van der Waals surface area contributed by atoms with Gasteiger partial charge in [-0.05, 0) is 26.9 Å². The number of rotatable bonds is 4. The van der Waals surface area contributed by atoms with E-state index in [0.29, 0.717) is 19.1 Å². The zero-order valence-corrected chi connectivity index (χ0v) is 11.5. The Hall–Kier alpha value is -1.74. The van der Waals surface area contributed by atoms with Crippen molar-refractivity contribution in [3.8, 4) is 12.3 Å². The zero-order valence-electron chi connectivity index (χ0n) is 11.5. The highest BCUT2D eigenvalue weighted by Crippen LogP contribution is 2.15.